The summed E-state index contributed by atoms with van der Waals surface area (Å²) >= 11 is 2.72. The summed E-state index contributed by atoms with van der Waals surface area (Å²) in [7, 11) is 0. The molecule has 0 saturated carbocycles. The average molecular weight is 426 g/mol. The van der Waals surface area contributed by atoms with Crippen LogP contribution in [0.5, 0.6) is 0 Å². The van der Waals surface area contributed by atoms with Gasteiger partial charge >= 0.3 is 0 Å². The molecule has 0 spiro atoms. The average Bonchev–Trinajstić information content (AvgIpc) is 3.37. The SMILES string of the molecule is CC1(C)CCC(NC(=O)Cc2csc(NC(=O)c3cccs3)n2)c2ccccc21. The molecule has 3 aromatic rings. The number of hydrogen-bond acceptors (Lipinski definition) is 5. The second kappa shape index (κ2) is 8.08. The molecule has 4 rings (SSSR count). The molecule has 2 heterocycles. The van der Waals surface area contributed by atoms with Gasteiger partial charge in [-0.25, -0.2) is 4.98 Å². The van der Waals surface area contributed by atoms with Gasteiger partial charge in [-0.15, -0.1) is 22.7 Å². The van der Waals surface area contributed by atoms with Gasteiger partial charge in [0.2, 0.25) is 5.91 Å². The summed E-state index contributed by atoms with van der Waals surface area (Å²) in [6.07, 6.45) is 2.16. The quantitative estimate of drug-likeness (QED) is 0.609. The van der Waals surface area contributed by atoms with E-state index in [1.54, 1.807) is 6.07 Å². The van der Waals surface area contributed by atoms with Gasteiger partial charge in [0.1, 0.15) is 0 Å². The van der Waals surface area contributed by atoms with E-state index >= 15 is 0 Å². The summed E-state index contributed by atoms with van der Waals surface area (Å²) in [5, 5.41) is 10.2. The first-order valence-electron chi connectivity index (χ1n) is 9.60. The maximum Gasteiger partial charge on any atom is 0.267 e. The molecule has 2 amide bonds. The molecular weight excluding hydrogens is 402 g/mol. The number of thiophene rings is 1. The lowest BCUT2D eigenvalue weighted by Crippen LogP contribution is -2.36. The molecule has 29 heavy (non-hydrogen) atoms. The fraction of sp³-hybridized carbons (Fsp3) is 0.318. The van der Waals surface area contributed by atoms with E-state index in [1.165, 1.54) is 33.8 Å². The van der Waals surface area contributed by atoms with Gasteiger partial charge in [-0.2, -0.15) is 0 Å². The molecule has 0 fully saturated rings. The number of amides is 2. The number of benzene rings is 1. The van der Waals surface area contributed by atoms with E-state index < -0.39 is 0 Å². The third kappa shape index (κ3) is 4.41. The van der Waals surface area contributed by atoms with Crippen LogP contribution in [0.1, 0.15) is 59.2 Å². The van der Waals surface area contributed by atoms with Gasteiger partial charge in [0, 0.05) is 5.38 Å². The van der Waals surface area contributed by atoms with E-state index in [1.807, 2.05) is 22.9 Å². The highest BCUT2D eigenvalue weighted by Crippen LogP contribution is 2.41. The van der Waals surface area contributed by atoms with Crippen molar-refractivity contribution >= 4 is 39.6 Å². The Labute approximate surface area is 178 Å². The molecule has 2 aromatic heterocycles. The summed E-state index contributed by atoms with van der Waals surface area (Å²) in [6, 6.07) is 12.0. The van der Waals surface area contributed by atoms with Gasteiger partial charge < -0.3 is 5.32 Å². The van der Waals surface area contributed by atoms with Crippen LogP contribution in [0.2, 0.25) is 0 Å². The van der Waals surface area contributed by atoms with Crippen molar-refractivity contribution in [1.82, 2.24) is 10.3 Å². The highest BCUT2D eigenvalue weighted by atomic mass is 32.1. The Morgan fingerprint density at radius 3 is 2.79 bits per heavy atom. The Morgan fingerprint density at radius 2 is 2.00 bits per heavy atom. The Hall–Kier alpha value is -2.51. The number of nitrogens with one attached hydrogen (secondary N) is 2. The van der Waals surface area contributed by atoms with Gasteiger partial charge in [0.05, 0.1) is 23.0 Å². The number of aromatic nitrogens is 1. The van der Waals surface area contributed by atoms with Crippen LogP contribution in [0, 0.1) is 0 Å². The monoisotopic (exact) mass is 425 g/mol. The summed E-state index contributed by atoms with van der Waals surface area (Å²) in [4.78, 5) is 29.8. The van der Waals surface area contributed by atoms with Crippen molar-refractivity contribution in [2.45, 2.75) is 44.6 Å². The maximum atomic E-state index is 12.6. The lowest BCUT2D eigenvalue weighted by Gasteiger charge is -2.37. The van der Waals surface area contributed by atoms with E-state index in [-0.39, 0.29) is 29.7 Å². The van der Waals surface area contributed by atoms with E-state index in [4.69, 9.17) is 0 Å². The number of hydrogen-bond donors (Lipinski definition) is 2. The summed E-state index contributed by atoms with van der Waals surface area (Å²) in [5.74, 6) is -0.224. The van der Waals surface area contributed by atoms with Crippen molar-refractivity contribution in [1.29, 1.82) is 0 Å². The highest BCUT2D eigenvalue weighted by Gasteiger charge is 2.32. The summed E-state index contributed by atoms with van der Waals surface area (Å²) in [5.41, 5.74) is 3.31. The van der Waals surface area contributed by atoms with Gasteiger partial charge in [-0.1, -0.05) is 44.2 Å². The number of anilines is 1. The Balaban J connectivity index is 1.38. The van der Waals surface area contributed by atoms with Crippen LogP contribution in [0.25, 0.3) is 0 Å². The number of thiazole rings is 1. The van der Waals surface area contributed by atoms with Gasteiger partial charge in [0.25, 0.3) is 5.91 Å². The molecule has 0 bridgehead atoms. The topological polar surface area (TPSA) is 71.1 Å². The van der Waals surface area contributed by atoms with Crippen LogP contribution in [0.4, 0.5) is 5.13 Å². The first-order chi connectivity index (χ1) is 13.9. The minimum Gasteiger partial charge on any atom is -0.349 e. The normalized spacial score (nSPS) is 17.4. The Kier molecular flexibility index (Phi) is 5.52. The molecule has 1 aliphatic carbocycles. The first kappa shape index (κ1) is 19.8. The molecule has 1 atom stereocenters. The zero-order valence-corrected chi connectivity index (χ0v) is 18.0. The molecule has 5 nitrogen and oxygen atoms in total. The molecule has 1 unspecified atom stereocenters. The summed E-state index contributed by atoms with van der Waals surface area (Å²) in [6.45, 7) is 4.51. The van der Waals surface area contributed by atoms with Gasteiger partial charge in [0.15, 0.2) is 5.13 Å². The lowest BCUT2D eigenvalue weighted by molar-refractivity contribution is -0.121. The molecule has 7 heteroatoms. The highest BCUT2D eigenvalue weighted by molar-refractivity contribution is 7.14. The van der Waals surface area contributed by atoms with Crippen molar-refractivity contribution in [3.63, 3.8) is 0 Å². The Bertz CT molecular complexity index is 1020. The smallest absolute Gasteiger partial charge is 0.267 e. The van der Waals surface area contributed by atoms with Crippen LogP contribution >= 0.6 is 22.7 Å². The van der Waals surface area contributed by atoms with Crippen LogP contribution in [0.15, 0.2) is 47.2 Å². The number of fused-ring (bicyclic) bond motifs is 1. The fourth-order valence-corrected chi connectivity index (χ4v) is 5.11. The molecule has 1 aliphatic rings. The predicted octanol–water partition coefficient (Wildman–Crippen LogP) is 4.93. The molecule has 0 radical (unpaired) electrons. The van der Waals surface area contributed by atoms with E-state index in [0.29, 0.717) is 15.7 Å². The second-order valence-corrected chi connectivity index (χ2v) is 9.69. The van der Waals surface area contributed by atoms with Crippen LogP contribution < -0.4 is 10.6 Å². The van der Waals surface area contributed by atoms with Crippen LogP contribution in [-0.4, -0.2) is 16.8 Å². The van der Waals surface area contributed by atoms with Gasteiger partial charge in [-0.05, 0) is 40.8 Å². The Morgan fingerprint density at radius 1 is 1.17 bits per heavy atom. The molecule has 0 saturated heterocycles. The fourth-order valence-electron chi connectivity index (χ4n) is 3.78. The minimum atomic E-state index is -0.174. The van der Waals surface area contributed by atoms with E-state index in [9.17, 15) is 9.59 Å². The van der Waals surface area contributed by atoms with E-state index in [2.05, 4.69) is 47.7 Å². The van der Waals surface area contributed by atoms with Crippen molar-refractivity contribution < 1.29 is 9.59 Å². The van der Waals surface area contributed by atoms with E-state index in [0.717, 1.165) is 12.8 Å². The maximum absolute atomic E-state index is 12.6. The molecule has 0 aliphatic heterocycles. The zero-order chi connectivity index (χ0) is 20.4. The van der Waals surface area contributed by atoms with Crippen LogP contribution in [-0.2, 0) is 16.6 Å². The number of rotatable bonds is 5. The predicted molar refractivity (Wildman–Crippen MR) is 118 cm³/mol. The van der Waals surface area contributed by atoms with Crippen molar-refractivity contribution in [3.05, 3.63) is 68.9 Å². The minimum absolute atomic E-state index is 0.0309. The molecular formula is C22H23N3O2S2. The number of carbonyl (C=O) groups is 2. The number of nitrogens with zero attached hydrogens (tertiary/aromatic N) is 1. The third-order valence-electron chi connectivity index (χ3n) is 5.32. The van der Waals surface area contributed by atoms with Crippen molar-refractivity contribution in [2.75, 3.05) is 5.32 Å². The number of carbonyl (C=O) groups excluding carboxylic acids is 2. The van der Waals surface area contributed by atoms with Crippen molar-refractivity contribution in [2.24, 2.45) is 0 Å². The largest absolute Gasteiger partial charge is 0.349 e. The summed E-state index contributed by atoms with van der Waals surface area (Å²) < 4.78 is 0. The molecule has 2 N–H and O–H groups in total. The lowest BCUT2D eigenvalue weighted by atomic mass is 9.71. The zero-order valence-electron chi connectivity index (χ0n) is 16.4. The van der Waals surface area contributed by atoms with Crippen molar-refractivity contribution in [3.8, 4) is 0 Å². The van der Waals surface area contributed by atoms with Crippen LogP contribution in [0.3, 0.4) is 0 Å². The molecule has 150 valence electrons. The first-order valence-corrected chi connectivity index (χ1v) is 11.4. The third-order valence-corrected chi connectivity index (χ3v) is 6.99. The molecule has 1 aromatic carbocycles. The second-order valence-electron chi connectivity index (χ2n) is 7.88. The standard InChI is InChI=1S/C22H23N3O2S2/c1-22(2)10-9-17(15-6-3-4-7-16(15)22)24-19(26)12-14-13-29-21(23-14)25-20(27)18-8-5-11-28-18/h3-8,11,13,17H,9-10,12H2,1-2H3,(H,24,26)(H,23,25,27). The van der Waals surface area contributed by atoms with Gasteiger partial charge in [-0.3, -0.25) is 14.9 Å².